The van der Waals surface area contributed by atoms with E-state index < -0.39 is 0 Å². The maximum Gasteiger partial charge on any atom is 0.0617 e. The van der Waals surface area contributed by atoms with Crippen molar-refractivity contribution in [3.05, 3.63) is 34.9 Å². The van der Waals surface area contributed by atoms with Gasteiger partial charge in [-0.25, -0.2) is 0 Å². The summed E-state index contributed by atoms with van der Waals surface area (Å²) in [5.41, 5.74) is 3.96. The lowest BCUT2D eigenvalue weighted by molar-refractivity contribution is 0.342. The fraction of sp³-hybridized carbons (Fsp3) is 0.625. The zero-order chi connectivity index (χ0) is 13.3. The van der Waals surface area contributed by atoms with Gasteiger partial charge in [-0.3, -0.25) is 0 Å². The fourth-order valence-corrected chi connectivity index (χ4v) is 1.96. The van der Waals surface area contributed by atoms with E-state index in [0.29, 0.717) is 0 Å². The molecule has 98 valence electrons. The van der Waals surface area contributed by atoms with E-state index in [1.165, 1.54) is 24.0 Å². The molecule has 1 heteroatoms. The van der Waals surface area contributed by atoms with Gasteiger partial charge in [-0.2, -0.15) is 0 Å². The van der Waals surface area contributed by atoms with E-state index in [-0.39, 0.29) is 6.61 Å². The topological polar surface area (TPSA) is 20.2 Å². The van der Waals surface area contributed by atoms with Crippen molar-refractivity contribution in [2.45, 2.75) is 53.9 Å². The molecule has 0 aromatic carbocycles. The van der Waals surface area contributed by atoms with E-state index in [1.54, 1.807) is 0 Å². The van der Waals surface area contributed by atoms with Crippen LogP contribution in [-0.4, -0.2) is 11.7 Å². The van der Waals surface area contributed by atoms with Crippen LogP contribution in [0.4, 0.5) is 0 Å². The van der Waals surface area contributed by atoms with Gasteiger partial charge in [-0.15, -0.1) is 0 Å². The molecule has 0 aliphatic rings. The van der Waals surface area contributed by atoms with Gasteiger partial charge in [0, 0.05) is 0 Å². The summed E-state index contributed by atoms with van der Waals surface area (Å²) >= 11 is 0. The summed E-state index contributed by atoms with van der Waals surface area (Å²) in [6.45, 7) is 10.9. The highest BCUT2D eigenvalue weighted by Crippen LogP contribution is 2.18. The second kappa shape index (κ2) is 9.23. The lowest BCUT2D eigenvalue weighted by atomic mass is 9.96. The van der Waals surface area contributed by atoms with E-state index >= 15 is 0 Å². The van der Waals surface area contributed by atoms with Crippen molar-refractivity contribution in [2.75, 3.05) is 6.61 Å². The normalized spacial score (nSPS) is 14.7. The molecule has 17 heavy (non-hydrogen) atoms. The van der Waals surface area contributed by atoms with Crippen molar-refractivity contribution in [3.8, 4) is 0 Å². The van der Waals surface area contributed by atoms with Crippen LogP contribution in [0, 0.1) is 5.92 Å². The van der Waals surface area contributed by atoms with Crippen molar-refractivity contribution in [1.82, 2.24) is 0 Å². The number of allylic oxidation sites excluding steroid dienone is 5. The van der Waals surface area contributed by atoms with Crippen LogP contribution in [0.2, 0.25) is 0 Å². The number of rotatable bonds is 7. The summed E-state index contributed by atoms with van der Waals surface area (Å²) in [6.07, 6.45) is 9.91. The molecule has 0 saturated heterocycles. The van der Waals surface area contributed by atoms with E-state index in [2.05, 4.69) is 39.8 Å². The molecule has 0 aromatic heterocycles. The Bertz CT molecular complexity index is 291. The van der Waals surface area contributed by atoms with E-state index in [1.807, 2.05) is 13.0 Å². The number of hydrogen-bond donors (Lipinski definition) is 1. The Balaban J connectivity index is 4.07. The molecule has 0 amide bonds. The molecule has 0 saturated carbocycles. The van der Waals surface area contributed by atoms with Crippen molar-refractivity contribution in [1.29, 1.82) is 0 Å². The average molecular weight is 236 g/mol. The maximum atomic E-state index is 8.79. The monoisotopic (exact) mass is 236 g/mol. The Morgan fingerprint density at radius 2 is 1.76 bits per heavy atom. The SMILES string of the molecule is CC(C)=CCCC(C)CC(C)=CC(C)=CCO. The third-order valence-corrected chi connectivity index (χ3v) is 2.77. The van der Waals surface area contributed by atoms with Crippen LogP contribution in [0.15, 0.2) is 34.9 Å². The first kappa shape index (κ1) is 16.2. The first-order chi connectivity index (χ1) is 7.95. The summed E-state index contributed by atoms with van der Waals surface area (Å²) in [6, 6.07) is 0. The third kappa shape index (κ3) is 10.1. The Morgan fingerprint density at radius 1 is 1.12 bits per heavy atom. The minimum Gasteiger partial charge on any atom is -0.392 e. The fourth-order valence-electron chi connectivity index (χ4n) is 1.96. The Labute approximate surface area is 107 Å². The van der Waals surface area contributed by atoms with Crippen molar-refractivity contribution in [2.24, 2.45) is 5.92 Å². The van der Waals surface area contributed by atoms with Gasteiger partial charge in [0.1, 0.15) is 0 Å². The molecule has 1 unspecified atom stereocenters. The van der Waals surface area contributed by atoms with E-state index in [9.17, 15) is 0 Å². The lowest BCUT2D eigenvalue weighted by Gasteiger charge is -2.10. The molecule has 0 aromatic rings. The molecule has 0 aliphatic carbocycles. The van der Waals surface area contributed by atoms with Crippen LogP contribution < -0.4 is 0 Å². The van der Waals surface area contributed by atoms with Gasteiger partial charge in [-0.1, -0.05) is 41.9 Å². The minimum atomic E-state index is 0.131. The van der Waals surface area contributed by atoms with Crippen LogP contribution >= 0.6 is 0 Å². The molecule has 0 heterocycles. The quantitative estimate of drug-likeness (QED) is 0.504. The Morgan fingerprint density at radius 3 is 2.29 bits per heavy atom. The van der Waals surface area contributed by atoms with Crippen molar-refractivity contribution in [3.63, 3.8) is 0 Å². The van der Waals surface area contributed by atoms with Crippen molar-refractivity contribution >= 4 is 0 Å². The van der Waals surface area contributed by atoms with Crippen LogP contribution in [0.3, 0.4) is 0 Å². The molecule has 0 radical (unpaired) electrons. The largest absolute Gasteiger partial charge is 0.392 e. The molecule has 0 fully saturated rings. The second-order valence-corrected chi connectivity index (χ2v) is 5.29. The summed E-state index contributed by atoms with van der Waals surface area (Å²) in [4.78, 5) is 0. The summed E-state index contributed by atoms with van der Waals surface area (Å²) < 4.78 is 0. The first-order valence-electron chi connectivity index (χ1n) is 6.53. The highest BCUT2D eigenvalue weighted by Gasteiger charge is 2.02. The summed E-state index contributed by atoms with van der Waals surface area (Å²) in [5.74, 6) is 0.726. The molecule has 0 spiro atoms. The molecule has 0 rings (SSSR count). The van der Waals surface area contributed by atoms with Gasteiger partial charge in [0.25, 0.3) is 0 Å². The number of hydrogen-bond acceptors (Lipinski definition) is 1. The summed E-state index contributed by atoms with van der Waals surface area (Å²) in [7, 11) is 0. The highest BCUT2D eigenvalue weighted by molar-refractivity contribution is 5.20. The lowest BCUT2D eigenvalue weighted by Crippen LogP contribution is -1.95. The zero-order valence-electron chi connectivity index (χ0n) is 12.1. The molecular formula is C16H28O. The molecular weight excluding hydrogens is 208 g/mol. The molecule has 0 bridgehead atoms. The van der Waals surface area contributed by atoms with Crippen molar-refractivity contribution < 1.29 is 5.11 Å². The van der Waals surface area contributed by atoms with Gasteiger partial charge in [0.2, 0.25) is 0 Å². The second-order valence-electron chi connectivity index (χ2n) is 5.29. The Hall–Kier alpha value is -0.820. The predicted molar refractivity (Wildman–Crippen MR) is 77.0 cm³/mol. The van der Waals surface area contributed by atoms with Gasteiger partial charge in [-0.05, 0) is 52.9 Å². The van der Waals surface area contributed by atoms with Gasteiger partial charge in [0.05, 0.1) is 6.61 Å². The van der Waals surface area contributed by atoms with Gasteiger partial charge < -0.3 is 5.11 Å². The summed E-state index contributed by atoms with van der Waals surface area (Å²) in [5, 5.41) is 8.79. The van der Waals surface area contributed by atoms with Crippen LogP contribution in [-0.2, 0) is 0 Å². The molecule has 0 aliphatic heterocycles. The highest BCUT2D eigenvalue weighted by atomic mass is 16.2. The molecule has 1 N–H and O–H groups in total. The van der Waals surface area contributed by atoms with Crippen LogP contribution in [0.25, 0.3) is 0 Å². The van der Waals surface area contributed by atoms with Gasteiger partial charge in [0.15, 0.2) is 0 Å². The van der Waals surface area contributed by atoms with Crippen LogP contribution in [0.5, 0.6) is 0 Å². The predicted octanol–water partition coefficient (Wildman–Crippen LogP) is 4.64. The van der Waals surface area contributed by atoms with E-state index in [0.717, 1.165) is 17.9 Å². The first-order valence-corrected chi connectivity index (χ1v) is 6.53. The maximum absolute atomic E-state index is 8.79. The average Bonchev–Trinajstić information content (AvgIpc) is 2.16. The Kier molecular flexibility index (Phi) is 8.79. The molecule has 1 nitrogen and oxygen atoms in total. The number of aliphatic hydroxyl groups is 1. The minimum absolute atomic E-state index is 0.131. The third-order valence-electron chi connectivity index (χ3n) is 2.77. The number of aliphatic hydroxyl groups excluding tert-OH is 1. The zero-order valence-corrected chi connectivity index (χ0v) is 12.1. The van der Waals surface area contributed by atoms with Crippen LogP contribution in [0.1, 0.15) is 53.9 Å². The van der Waals surface area contributed by atoms with Gasteiger partial charge >= 0.3 is 0 Å². The standard InChI is InChI=1S/C16H28O/c1-13(2)7-6-8-14(3)11-16(5)12-15(4)9-10-17/h7,9,12,14,17H,6,8,10-11H2,1-5H3. The smallest absolute Gasteiger partial charge is 0.0617 e. The van der Waals surface area contributed by atoms with E-state index in [4.69, 9.17) is 5.11 Å². The molecule has 1 atom stereocenters.